The van der Waals surface area contributed by atoms with E-state index in [0.717, 1.165) is 54.3 Å². The molecule has 0 spiro atoms. The number of amides is 1. The molecule has 0 radical (unpaired) electrons. The molecule has 3 N–H and O–H groups in total. The van der Waals surface area contributed by atoms with E-state index in [2.05, 4.69) is 44.7 Å². The second kappa shape index (κ2) is 8.78. The summed E-state index contributed by atoms with van der Waals surface area (Å²) in [6.45, 7) is 5.18. The number of aromatic amines is 1. The lowest BCUT2D eigenvalue weighted by atomic mass is 10.0. The molecule has 2 aromatic carbocycles. The van der Waals surface area contributed by atoms with E-state index < -0.39 is 0 Å². The minimum Gasteiger partial charge on any atom is -0.494 e. The van der Waals surface area contributed by atoms with Crippen molar-refractivity contribution >= 4 is 39.1 Å². The van der Waals surface area contributed by atoms with Crippen LogP contribution < -0.4 is 20.3 Å². The van der Waals surface area contributed by atoms with Gasteiger partial charge in [-0.05, 0) is 43.7 Å². The summed E-state index contributed by atoms with van der Waals surface area (Å²) in [6, 6.07) is 10.4. The Labute approximate surface area is 192 Å². The van der Waals surface area contributed by atoms with Gasteiger partial charge in [0.05, 0.1) is 29.4 Å². The van der Waals surface area contributed by atoms with Gasteiger partial charge in [0.1, 0.15) is 5.75 Å². The highest BCUT2D eigenvalue weighted by molar-refractivity contribution is 6.14. The largest absolute Gasteiger partial charge is 0.494 e. The van der Waals surface area contributed by atoms with Gasteiger partial charge in [-0.25, -0.2) is 0 Å². The van der Waals surface area contributed by atoms with Gasteiger partial charge < -0.3 is 25.3 Å². The number of hydrogen-bond donors (Lipinski definition) is 3. The van der Waals surface area contributed by atoms with E-state index in [4.69, 9.17) is 4.74 Å². The van der Waals surface area contributed by atoms with Crippen LogP contribution in [0.2, 0.25) is 0 Å². The van der Waals surface area contributed by atoms with Crippen molar-refractivity contribution in [2.45, 2.75) is 25.8 Å². The first-order valence-electron chi connectivity index (χ1n) is 11.5. The van der Waals surface area contributed by atoms with Crippen LogP contribution in [0.15, 0.2) is 42.7 Å². The second-order valence-electron chi connectivity index (χ2n) is 8.59. The van der Waals surface area contributed by atoms with Crippen molar-refractivity contribution in [1.29, 1.82) is 0 Å². The molecule has 8 heteroatoms. The molecule has 2 aromatic heterocycles. The van der Waals surface area contributed by atoms with Gasteiger partial charge in [-0.3, -0.25) is 9.48 Å². The molecule has 0 unspecified atom stereocenters. The smallest absolute Gasteiger partial charge is 0.257 e. The number of hydrogen-bond acceptors (Lipinski definition) is 5. The van der Waals surface area contributed by atoms with Crippen molar-refractivity contribution in [3.8, 4) is 5.75 Å². The second-order valence-corrected chi connectivity index (χ2v) is 8.59. The highest BCUT2D eigenvalue weighted by Crippen LogP contribution is 2.33. The molecule has 8 nitrogen and oxygen atoms in total. The van der Waals surface area contributed by atoms with Crippen molar-refractivity contribution in [3.05, 3.63) is 48.3 Å². The van der Waals surface area contributed by atoms with Crippen LogP contribution in [-0.4, -0.2) is 53.5 Å². The van der Waals surface area contributed by atoms with E-state index in [-0.39, 0.29) is 5.91 Å². The average molecular weight is 447 g/mol. The van der Waals surface area contributed by atoms with Gasteiger partial charge >= 0.3 is 0 Å². The number of carbonyl (C=O) groups is 1. The summed E-state index contributed by atoms with van der Waals surface area (Å²) in [5.41, 5.74) is 4.07. The molecule has 0 aliphatic carbocycles. The van der Waals surface area contributed by atoms with E-state index in [1.54, 1.807) is 11.8 Å². The highest BCUT2D eigenvalue weighted by Gasteiger charge is 2.22. The van der Waals surface area contributed by atoms with Gasteiger partial charge in [0.15, 0.2) is 0 Å². The van der Waals surface area contributed by atoms with Crippen molar-refractivity contribution in [2.75, 3.05) is 37.0 Å². The minimum absolute atomic E-state index is 0.179. The van der Waals surface area contributed by atoms with E-state index in [1.807, 2.05) is 37.6 Å². The molecule has 1 aliphatic heterocycles. The Morgan fingerprint density at radius 3 is 2.82 bits per heavy atom. The molecule has 4 aromatic rings. The molecule has 5 rings (SSSR count). The third-order valence-corrected chi connectivity index (χ3v) is 6.46. The number of benzene rings is 2. The number of rotatable bonds is 6. The van der Waals surface area contributed by atoms with E-state index in [9.17, 15) is 4.79 Å². The van der Waals surface area contributed by atoms with Crippen LogP contribution in [-0.2, 0) is 7.05 Å². The zero-order chi connectivity index (χ0) is 22.9. The van der Waals surface area contributed by atoms with Gasteiger partial charge in [-0.2, -0.15) is 5.10 Å². The number of aromatic nitrogens is 3. The number of nitrogens with one attached hydrogen (secondary N) is 3. The first-order chi connectivity index (χ1) is 16.1. The number of aryl methyl sites for hydroxylation is 1. The summed E-state index contributed by atoms with van der Waals surface area (Å²) in [6.07, 6.45) is 6.07. The van der Waals surface area contributed by atoms with Gasteiger partial charge in [0.25, 0.3) is 5.91 Å². The number of piperidine rings is 1. The summed E-state index contributed by atoms with van der Waals surface area (Å²) in [5.74, 6) is 0.402. The molecule has 0 bridgehead atoms. The van der Waals surface area contributed by atoms with Gasteiger partial charge in [0, 0.05) is 61.1 Å². The molecule has 1 amide bonds. The van der Waals surface area contributed by atoms with Gasteiger partial charge in [0.2, 0.25) is 0 Å². The maximum atomic E-state index is 13.3. The Bertz CT molecular complexity index is 1300. The van der Waals surface area contributed by atoms with Gasteiger partial charge in [-0.1, -0.05) is 6.92 Å². The summed E-state index contributed by atoms with van der Waals surface area (Å²) < 4.78 is 7.26. The SMILES string of the molecule is CCNC1CCN(c2ccc(C(=O)Nc3cc4cn(C)nc4cc3OC)c3[nH]ccc23)CC1. The maximum absolute atomic E-state index is 13.3. The lowest BCUT2D eigenvalue weighted by Gasteiger charge is -2.34. The molecule has 172 valence electrons. The molecule has 3 heterocycles. The van der Waals surface area contributed by atoms with Crippen molar-refractivity contribution in [3.63, 3.8) is 0 Å². The van der Waals surface area contributed by atoms with Crippen LogP contribution in [0.5, 0.6) is 5.75 Å². The average Bonchev–Trinajstić information content (AvgIpc) is 3.44. The molecule has 0 atom stereocenters. The van der Waals surface area contributed by atoms with Crippen molar-refractivity contribution in [2.24, 2.45) is 7.05 Å². The quantitative estimate of drug-likeness (QED) is 0.418. The van der Waals surface area contributed by atoms with Crippen molar-refractivity contribution in [1.82, 2.24) is 20.1 Å². The maximum Gasteiger partial charge on any atom is 0.257 e. The van der Waals surface area contributed by atoms with E-state index in [1.165, 1.54) is 5.69 Å². The number of nitrogens with zero attached hydrogens (tertiary/aromatic N) is 3. The van der Waals surface area contributed by atoms with Crippen LogP contribution in [0.3, 0.4) is 0 Å². The summed E-state index contributed by atoms with van der Waals surface area (Å²) in [5, 5.41) is 13.0. The Hall–Kier alpha value is -3.52. The molecule has 1 saturated heterocycles. The van der Waals surface area contributed by atoms with Crippen LogP contribution in [0, 0.1) is 0 Å². The fraction of sp³-hybridized carbons (Fsp3) is 0.360. The third-order valence-electron chi connectivity index (χ3n) is 6.46. The lowest BCUT2D eigenvalue weighted by molar-refractivity contribution is 0.102. The Morgan fingerprint density at radius 2 is 2.06 bits per heavy atom. The minimum atomic E-state index is -0.179. The van der Waals surface area contributed by atoms with Crippen LogP contribution in [0.25, 0.3) is 21.8 Å². The number of H-pyrrole nitrogens is 1. The monoisotopic (exact) mass is 446 g/mol. The molecule has 33 heavy (non-hydrogen) atoms. The Morgan fingerprint density at radius 1 is 1.24 bits per heavy atom. The number of anilines is 2. The summed E-state index contributed by atoms with van der Waals surface area (Å²) in [4.78, 5) is 19.0. The van der Waals surface area contributed by atoms with E-state index in [0.29, 0.717) is 23.0 Å². The zero-order valence-corrected chi connectivity index (χ0v) is 19.3. The van der Waals surface area contributed by atoms with E-state index >= 15 is 0 Å². The number of carbonyl (C=O) groups excluding carboxylic acids is 1. The fourth-order valence-electron chi connectivity index (χ4n) is 4.85. The molecule has 1 aliphatic rings. The molecule has 0 saturated carbocycles. The summed E-state index contributed by atoms with van der Waals surface area (Å²) in [7, 11) is 3.47. The van der Waals surface area contributed by atoms with Gasteiger partial charge in [-0.15, -0.1) is 0 Å². The highest BCUT2D eigenvalue weighted by atomic mass is 16.5. The first-order valence-corrected chi connectivity index (χ1v) is 11.5. The predicted molar refractivity (Wildman–Crippen MR) is 132 cm³/mol. The van der Waals surface area contributed by atoms with Crippen LogP contribution >= 0.6 is 0 Å². The molecule has 1 fully saturated rings. The van der Waals surface area contributed by atoms with Crippen molar-refractivity contribution < 1.29 is 9.53 Å². The van der Waals surface area contributed by atoms with Crippen LogP contribution in [0.4, 0.5) is 11.4 Å². The first kappa shape index (κ1) is 21.3. The molecular weight excluding hydrogens is 416 g/mol. The lowest BCUT2D eigenvalue weighted by Crippen LogP contribution is -2.42. The zero-order valence-electron chi connectivity index (χ0n) is 19.3. The number of ether oxygens (including phenoxy) is 1. The normalized spacial score (nSPS) is 14.8. The summed E-state index contributed by atoms with van der Waals surface area (Å²) >= 11 is 0. The number of fused-ring (bicyclic) bond motifs is 2. The fourth-order valence-corrected chi connectivity index (χ4v) is 4.85. The standard InChI is InChI=1S/C25H30N6O2/c1-4-26-17-8-11-31(12-9-17)22-6-5-19(24-18(22)7-10-27-24)25(32)28-21-13-16-15-30(2)29-20(16)14-23(21)33-3/h5-7,10,13-15,17,26-27H,4,8-9,11-12H2,1-3H3,(H,28,32). The Balaban J connectivity index is 1.42. The topological polar surface area (TPSA) is 87.2 Å². The number of methoxy groups -OCH3 is 1. The predicted octanol–water partition coefficient (Wildman–Crippen LogP) is 3.89. The molecular formula is C25H30N6O2. The van der Waals surface area contributed by atoms with Crippen LogP contribution in [0.1, 0.15) is 30.1 Å². The third kappa shape index (κ3) is 4.02. The Kier molecular flexibility index (Phi) is 5.68.